The number of rotatable bonds is 3. The molecule has 0 fully saturated rings. The first-order chi connectivity index (χ1) is 8.47. The molecule has 0 saturated carbocycles. The second kappa shape index (κ2) is 4.76. The maximum atomic E-state index is 12.6. The van der Waals surface area contributed by atoms with Crippen LogP contribution in [0.15, 0.2) is 48.8 Å². The lowest BCUT2D eigenvalue weighted by Crippen LogP contribution is -2.17. The van der Waals surface area contributed by atoms with Crippen molar-refractivity contribution in [2.75, 3.05) is 5.43 Å². The van der Waals surface area contributed by atoms with Crippen molar-refractivity contribution in [2.45, 2.75) is 19.1 Å². The second-order valence-electron chi connectivity index (χ2n) is 4.06. The van der Waals surface area contributed by atoms with Gasteiger partial charge in [0.2, 0.25) is 0 Å². The summed E-state index contributed by atoms with van der Waals surface area (Å²) < 4.78 is 39.5. The van der Waals surface area contributed by atoms with Crippen molar-refractivity contribution in [1.82, 2.24) is 4.68 Å². The summed E-state index contributed by atoms with van der Waals surface area (Å²) in [6.45, 7) is 1.81. The number of hydrogen-bond acceptors (Lipinski definition) is 1. The van der Waals surface area contributed by atoms with Crippen LogP contribution in [0.2, 0.25) is 0 Å². The highest BCUT2D eigenvalue weighted by Gasteiger charge is 2.30. The smallest absolute Gasteiger partial charge is 0.319 e. The van der Waals surface area contributed by atoms with E-state index in [1.165, 1.54) is 12.1 Å². The van der Waals surface area contributed by atoms with E-state index >= 15 is 0 Å². The second-order valence-corrected chi connectivity index (χ2v) is 4.06. The third-order valence-electron chi connectivity index (χ3n) is 2.66. The van der Waals surface area contributed by atoms with E-state index < -0.39 is 11.7 Å². The Kier molecular flexibility index (Phi) is 3.32. The molecule has 2 rings (SSSR count). The summed E-state index contributed by atoms with van der Waals surface area (Å²) in [4.78, 5) is 0. The average molecular weight is 254 g/mol. The fourth-order valence-electron chi connectivity index (χ4n) is 1.70. The molecule has 18 heavy (non-hydrogen) atoms. The highest BCUT2D eigenvalue weighted by atomic mass is 19.4. The van der Waals surface area contributed by atoms with Crippen LogP contribution in [0, 0.1) is 0 Å². The number of nitrogens with one attached hydrogen (secondary N) is 1. The van der Waals surface area contributed by atoms with Crippen molar-refractivity contribution >= 4 is 0 Å². The largest absolute Gasteiger partial charge is 0.416 e. The van der Waals surface area contributed by atoms with Crippen LogP contribution in [-0.2, 0) is 6.18 Å². The molecule has 96 valence electrons. The summed E-state index contributed by atoms with van der Waals surface area (Å²) in [5.41, 5.74) is 3.04. The molecular weight excluding hydrogens is 241 g/mol. The fraction of sp³-hybridized carbons (Fsp3) is 0.231. The van der Waals surface area contributed by atoms with Gasteiger partial charge < -0.3 is 5.43 Å². The minimum absolute atomic E-state index is 0.209. The zero-order valence-electron chi connectivity index (χ0n) is 9.78. The molecule has 0 saturated heterocycles. The minimum atomic E-state index is -4.30. The number of alkyl halides is 3. The van der Waals surface area contributed by atoms with Gasteiger partial charge in [0.15, 0.2) is 0 Å². The summed E-state index contributed by atoms with van der Waals surface area (Å²) in [5, 5.41) is 0. The monoisotopic (exact) mass is 254 g/mol. The Morgan fingerprint density at radius 3 is 2.39 bits per heavy atom. The first-order valence-electron chi connectivity index (χ1n) is 5.53. The van der Waals surface area contributed by atoms with Gasteiger partial charge in [-0.2, -0.15) is 13.2 Å². The molecule has 0 aliphatic carbocycles. The molecule has 1 aromatic carbocycles. The number of nitrogens with zero attached hydrogens (tertiary/aromatic N) is 1. The van der Waals surface area contributed by atoms with E-state index in [2.05, 4.69) is 5.43 Å². The molecular formula is C13H13F3N2. The predicted octanol–water partition coefficient (Wildman–Crippen LogP) is 3.81. The molecule has 1 aromatic heterocycles. The molecule has 0 amide bonds. The first-order valence-corrected chi connectivity index (χ1v) is 5.53. The summed E-state index contributed by atoms with van der Waals surface area (Å²) in [6.07, 6.45) is -0.711. The number of hydrogen-bond donors (Lipinski definition) is 1. The maximum absolute atomic E-state index is 12.6. The molecule has 1 N–H and O–H groups in total. The molecule has 1 heterocycles. The van der Waals surface area contributed by atoms with Gasteiger partial charge in [-0.05, 0) is 36.8 Å². The van der Waals surface area contributed by atoms with Gasteiger partial charge in [-0.3, -0.25) is 4.68 Å². The van der Waals surface area contributed by atoms with Gasteiger partial charge in [-0.15, -0.1) is 0 Å². The summed E-state index contributed by atoms with van der Waals surface area (Å²) in [7, 11) is 0. The normalized spacial score (nSPS) is 13.3. The molecule has 0 spiro atoms. The van der Waals surface area contributed by atoms with Crippen LogP contribution in [0.1, 0.15) is 24.1 Å². The molecule has 0 aliphatic heterocycles. The molecule has 1 atom stereocenters. The van der Waals surface area contributed by atoms with E-state index in [4.69, 9.17) is 0 Å². The minimum Gasteiger partial charge on any atom is -0.319 e. The molecule has 0 aliphatic rings. The lowest BCUT2D eigenvalue weighted by atomic mass is 10.1. The van der Waals surface area contributed by atoms with Crippen molar-refractivity contribution in [3.05, 3.63) is 59.9 Å². The first kappa shape index (κ1) is 12.5. The number of halogens is 3. The van der Waals surface area contributed by atoms with Crippen LogP contribution < -0.4 is 5.43 Å². The highest BCUT2D eigenvalue weighted by molar-refractivity contribution is 5.28. The third-order valence-corrected chi connectivity index (χ3v) is 2.66. The summed E-state index contributed by atoms with van der Waals surface area (Å²) in [6, 6.07) is 8.81. The van der Waals surface area contributed by atoms with Crippen LogP contribution >= 0.6 is 0 Å². The van der Waals surface area contributed by atoms with E-state index in [0.717, 1.165) is 6.07 Å². The topological polar surface area (TPSA) is 17.0 Å². The van der Waals surface area contributed by atoms with Gasteiger partial charge in [-0.25, -0.2) is 0 Å². The molecule has 0 radical (unpaired) electrons. The Morgan fingerprint density at radius 1 is 1.11 bits per heavy atom. The molecule has 2 aromatic rings. The van der Waals surface area contributed by atoms with Crippen LogP contribution in [0.4, 0.5) is 13.2 Å². The van der Waals surface area contributed by atoms with Crippen molar-refractivity contribution in [1.29, 1.82) is 0 Å². The Labute approximate surface area is 103 Å². The SMILES string of the molecule is CC(Nn1cccc1)c1cccc(C(F)(F)F)c1. The quantitative estimate of drug-likeness (QED) is 0.881. The Hall–Kier alpha value is -1.91. The lowest BCUT2D eigenvalue weighted by Gasteiger charge is -2.17. The Bertz CT molecular complexity index is 503. The van der Waals surface area contributed by atoms with Crippen molar-refractivity contribution in [3.63, 3.8) is 0 Å². The van der Waals surface area contributed by atoms with Crippen LogP contribution in [0.3, 0.4) is 0 Å². The molecule has 1 unspecified atom stereocenters. The summed E-state index contributed by atoms with van der Waals surface area (Å²) in [5.74, 6) is 0. The Morgan fingerprint density at radius 2 is 1.78 bits per heavy atom. The Balaban J connectivity index is 2.18. The summed E-state index contributed by atoms with van der Waals surface area (Å²) >= 11 is 0. The lowest BCUT2D eigenvalue weighted by molar-refractivity contribution is -0.137. The fourth-order valence-corrected chi connectivity index (χ4v) is 1.70. The standard InChI is InChI=1S/C13H13F3N2/c1-10(17-18-7-2-3-8-18)11-5-4-6-12(9-11)13(14,15)16/h2-10,17H,1H3. The van der Waals surface area contributed by atoms with Crippen molar-refractivity contribution in [2.24, 2.45) is 0 Å². The van der Waals surface area contributed by atoms with Gasteiger partial charge in [0.1, 0.15) is 0 Å². The molecule has 5 heteroatoms. The maximum Gasteiger partial charge on any atom is 0.416 e. The van der Waals surface area contributed by atoms with E-state index in [-0.39, 0.29) is 6.04 Å². The van der Waals surface area contributed by atoms with Gasteiger partial charge in [0.25, 0.3) is 0 Å². The van der Waals surface area contributed by atoms with Gasteiger partial charge in [-0.1, -0.05) is 12.1 Å². The number of benzene rings is 1. The van der Waals surface area contributed by atoms with Gasteiger partial charge in [0, 0.05) is 12.4 Å². The van der Waals surface area contributed by atoms with E-state index in [1.54, 1.807) is 23.1 Å². The van der Waals surface area contributed by atoms with Crippen LogP contribution in [-0.4, -0.2) is 4.68 Å². The van der Waals surface area contributed by atoms with E-state index in [1.807, 2.05) is 19.1 Å². The zero-order valence-corrected chi connectivity index (χ0v) is 9.78. The van der Waals surface area contributed by atoms with Crippen LogP contribution in [0.5, 0.6) is 0 Å². The van der Waals surface area contributed by atoms with E-state index in [9.17, 15) is 13.2 Å². The van der Waals surface area contributed by atoms with Crippen molar-refractivity contribution in [3.8, 4) is 0 Å². The van der Waals surface area contributed by atoms with E-state index in [0.29, 0.717) is 5.56 Å². The molecule has 2 nitrogen and oxygen atoms in total. The predicted molar refractivity (Wildman–Crippen MR) is 63.7 cm³/mol. The number of aromatic nitrogens is 1. The van der Waals surface area contributed by atoms with Gasteiger partial charge in [0.05, 0.1) is 11.6 Å². The molecule has 0 bridgehead atoms. The average Bonchev–Trinajstić information content (AvgIpc) is 2.81. The van der Waals surface area contributed by atoms with Gasteiger partial charge >= 0.3 is 6.18 Å². The zero-order chi connectivity index (χ0) is 13.2. The van der Waals surface area contributed by atoms with Crippen LogP contribution in [0.25, 0.3) is 0 Å². The van der Waals surface area contributed by atoms with Crippen molar-refractivity contribution < 1.29 is 13.2 Å². The third kappa shape index (κ3) is 2.85. The highest BCUT2D eigenvalue weighted by Crippen LogP contribution is 2.30.